The molecule has 0 saturated heterocycles. The predicted molar refractivity (Wildman–Crippen MR) is 35.9 cm³/mol. The maximum absolute atomic E-state index is 8.83. The molecule has 1 rings (SSSR count). The topological polar surface area (TPSA) is 44.0 Å². The van der Waals surface area contributed by atoms with Gasteiger partial charge in [0.05, 0.1) is 10.7 Å². The van der Waals surface area contributed by atoms with Gasteiger partial charge in [-0.2, -0.15) is 0 Å². The van der Waals surface area contributed by atoms with E-state index in [1.165, 1.54) is 18.2 Å². The summed E-state index contributed by atoms with van der Waals surface area (Å²) in [5.74, 6) is 0.0210. The molecule has 9 heavy (non-hydrogen) atoms. The van der Waals surface area contributed by atoms with Gasteiger partial charge in [0.25, 0.3) is 0 Å². The Morgan fingerprint density at radius 1 is 1.44 bits per heavy atom. The fourth-order valence-electron chi connectivity index (χ4n) is 0.507. The van der Waals surface area contributed by atoms with Gasteiger partial charge in [0, 0.05) is 0 Å². The molecule has 1 aromatic rings. The zero-order valence-corrected chi connectivity index (χ0v) is 5.31. The Morgan fingerprint density at radius 3 is 2.56 bits per heavy atom. The van der Waals surface area contributed by atoms with Crippen LogP contribution in [0.15, 0.2) is 18.2 Å². The molecule has 1 radical (unpaired) electrons. The second kappa shape index (κ2) is 2.15. The first-order valence-corrected chi connectivity index (χ1v) is 2.78. The van der Waals surface area contributed by atoms with Gasteiger partial charge < -0.3 is 10.8 Å². The average molecular weight is 143 g/mol. The van der Waals surface area contributed by atoms with Gasteiger partial charge in [-0.1, -0.05) is 11.6 Å². The summed E-state index contributed by atoms with van der Waals surface area (Å²) in [5, 5.41) is 9.05. The van der Waals surface area contributed by atoms with Crippen molar-refractivity contribution < 1.29 is 5.11 Å². The minimum absolute atomic E-state index is 0.0210. The molecular formula is C6H5ClNO. The molecule has 0 saturated carbocycles. The first-order valence-electron chi connectivity index (χ1n) is 2.40. The van der Waals surface area contributed by atoms with Crippen LogP contribution in [0, 0.1) is 0 Å². The fraction of sp³-hybridized carbons (Fsp3) is 0. The molecular weight excluding hydrogens is 138 g/mol. The number of rotatable bonds is 0. The average Bonchev–Trinajstić information content (AvgIpc) is 1.80. The third-order valence-electron chi connectivity index (χ3n) is 0.948. The lowest BCUT2D eigenvalue weighted by Gasteiger charge is -1.94. The van der Waals surface area contributed by atoms with Crippen LogP contribution in [-0.4, -0.2) is 5.11 Å². The van der Waals surface area contributed by atoms with E-state index in [0.29, 0.717) is 5.69 Å². The molecule has 0 unspecified atom stereocenters. The van der Waals surface area contributed by atoms with Crippen LogP contribution in [0.2, 0.25) is 5.02 Å². The van der Waals surface area contributed by atoms with E-state index in [2.05, 4.69) is 0 Å². The van der Waals surface area contributed by atoms with E-state index in [1.54, 1.807) is 0 Å². The number of hydrogen-bond acceptors (Lipinski definition) is 1. The molecule has 2 nitrogen and oxygen atoms in total. The second-order valence-corrected chi connectivity index (χ2v) is 2.07. The Balaban J connectivity index is 3.17. The molecule has 0 aliphatic heterocycles. The predicted octanol–water partition coefficient (Wildman–Crippen LogP) is 1.96. The number of phenolic OH excluding ortho intramolecular Hbond substituents is 1. The van der Waals surface area contributed by atoms with Crippen molar-refractivity contribution in [3.8, 4) is 5.75 Å². The minimum atomic E-state index is 0.0210. The third-order valence-corrected chi connectivity index (χ3v) is 1.25. The van der Waals surface area contributed by atoms with Crippen molar-refractivity contribution in [3.05, 3.63) is 23.2 Å². The zero-order valence-electron chi connectivity index (χ0n) is 4.56. The summed E-state index contributed by atoms with van der Waals surface area (Å²) in [6.07, 6.45) is 0. The van der Waals surface area contributed by atoms with Crippen molar-refractivity contribution in [2.45, 2.75) is 0 Å². The molecule has 0 fully saturated rings. The summed E-state index contributed by atoms with van der Waals surface area (Å²) in [4.78, 5) is 0. The summed E-state index contributed by atoms with van der Waals surface area (Å²) < 4.78 is 0. The molecule has 0 spiro atoms. The Labute approximate surface area is 57.9 Å². The van der Waals surface area contributed by atoms with Crippen molar-refractivity contribution in [1.29, 1.82) is 0 Å². The smallest absolute Gasteiger partial charge is 0.134 e. The summed E-state index contributed by atoms with van der Waals surface area (Å²) in [7, 11) is 0. The highest BCUT2D eigenvalue weighted by Gasteiger charge is 1.95. The van der Waals surface area contributed by atoms with E-state index in [4.69, 9.17) is 22.4 Å². The Kier molecular flexibility index (Phi) is 1.49. The minimum Gasteiger partial charge on any atom is -0.506 e. The number of halogens is 1. The summed E-state index contributed by atoms with van der Waals surface area (Å²) in [5.41, 5.74) is 7.34. The molecule has 0 aliphatic carbocycles. The van der Waals surface area contributed by atoms with Crippen molar-refractivity contribution in [3.63, 3.8) is 0 Å². The lowest BCUT2D eigenvalue weighted by molar-refractivity contribution is 0.475. The largest absolute Gasteiger partial charge is 0.506 e. The summed E-state index contributed by atoms with van der Waals surface area (Å²) >= 11 is 5.44. The zero-order chi connectivity index (χ0) is 6.85. The maximum atomic E-state index is 8.83. The first kappa shape index (κ1) is 6.23. The van der Waals surface area contributed by atoms with E-state index in [9.17, 15) is 0 Å². The van der Waals surface area contributed by atoms with E-state index in [-0.39, 0.29) is 10.8 Å². The molecule has 1 aromatic carbocycles. The van der Waals surface area contributed by atoms with Crippen LogP contribution in [0.5, 0.6) is 5.75 Å². The molecule has 0 aromatic heterocycles. The highest BCUT2D eigenvalue weighted by atomic mass is 35.5. The molecule has 0 aliphatic rings. The van der Waals surface area contributed by atoms with Crippen molar-refractivity contribution in [2.75, 3.05) is 0 Å². The molecule has 0 atom stereocenters. The molecule has 47 valence electrons. The van der Waals surface area contributed by atoms with E-state index < -0.39 is 0 Å². The number of nitrogens with one attached hydrogen (secondary N) is 1. The van der Waals surface area contributed by atoms with Crippen LogP contribution < -0.4 is 5.73 Å². The monoisotopic (exact) mass is 142 g/mol. The second-order valence-electron chi connectivity index (χ2n) is 1.67. The third kappa shape index (κ3) is 1.27. The Hall–Kier alpha value is -0.890. The summed E-state index contributed by atoms with van der Waals surface area (Å²) in [6, 6.07) is 4.25. The van der Waals surface area contributed by atoms with Gasteiger partial charge in [0.15, 0.2) is 0 Å². The Bertz CT molecular complexity index is 224. The van der Waals surface area contributed by atoms with Crippen molar-refractivity contribution in [1.82, 2.24) is 5.73 Å². The fourth-order valence-corrected chi connectivity index (χ4v) is 0.687. The van der Waals surface area contributed by atoms with Crippen LogP contribution in [-0.2, 0) is 0 Å². The maximum Gasteiger partial charge on any atom is 0.134 e. The van der Waals surface area contributed by atoms with E-state index >= 15 is 0 Å². The molecule has 0 heterocycles. The quantitative estimate of drug-likeness (QED) is 0.553. The number of aromatic hydroxyl groups is 1. The van der Waals surface area contributed by atoms with E-state index in [1.807, 2.05) is 0 Å². The van der Waals surface area contributed by atoms with Gasteiger partial charge in [0.1, 0.15) is 5.75 Å². The van der Waals surface area contributed by atoms with Crippen LogP contribution in [0.4, 0.5) is 5.69 Å². The standard InChI is InChI=1S/C6H5ClNO/c7-5-3-4(8)1-2-6(5)9/h1-3,8-9H. The van der Waals surface area contributed by atoms with Gasteiger partial charge in [-0.15, -0.1) is 0 Å². The van der Waals surface area contributed by atoms with Gasteiger partial charge >= 0.3 is 0 Å². The van der Waals surface area contributed by atoms with Gasteiger partial charge in [-0.05, 0) is 18.2 Å². The highest BCUT2D eigenvalue weighted by molar-refractivity contribution is 6.32. The van der Waals surface area contributed by atoms with Crippen LogP contribution in [0.1, 0.15) is 0 Å². The normalized spacial score (nSPS) is 9.44. The lowest BCUT2D eigenvalue weighted by atomic mass is 10.3. The molecule has 3 heteroatoms. The number of hydrogen-bond donors (Lipinski definition) is 1. The number of benzene rings is 1. The highest BCUT2D eigenvalue weighted by Crippen LogP contribution is 2.24. The summed E-state index contributed by atoms with van der Waals surface area (Å²) in [6.45, 7) is 0. The van der Waals surface area contributed by atoms with Crippen molar-refractivity contribution >= 4 is 17.3 Å². The molecule has 2 N–H and O–H groups in total. The van der Waals surface area contributed by atoms with Gasteiger partial charge in [-0.25, -0.2) is 0 Å². The van der Waals surface area contributed by atoms with Crippen LogP contribution in [0.3, 0.4) is 0 Å². The SMILES string of the molecule is [NH]c1ccc(O)c(Cl)c1. The first-order chi connectivity index (χ1) is 4.20. The lowest BCUT2D eigenvalue weighted by Crippen LogP contribution is -1.69. The van der Waals surface area contributed by atoms with Crippen LogP contribution >= 0.6 is 11.6 Å². The Morgan fingerprint density at radius 2 is 2.11 bits per heavy atom. The molecule has 0 bridgehead atoms. The van der Waals surface area contributed by atoms with Gasteiger partial charge in [-0.3, -0.25) is 0 Å². The van der Waals surface area contributed by atoms with E-state index in [0.717, 1.165) is 0 Å². The molecule has 0 amide bonds. The number of phenols is 1. The van der Waals surface area contributed by atoms with Crippen LogP contribution in [0.25, 0.3) is 0 Å². The van der Waals surface area contributed by atoms with Crippen molar-refractivity contribution in [2.24, 2.45) is 0 Å². The van der Waals surface area contributed by atoms with Gasteiger partial charge in [0.2, 0.25) is 0 Å².